The predicted molar refractivity (Wildman–Crippen MR) is 98.9 cm³/mol. The second kappa shape index (κ2) is 5.34. The van der Waals surface area contributed by atoms with E-state index in [1.807, 2.05) is 0 Å². The molecule has 0 aromatic heterocycles. The molecule has 104 valence electrons. The van der Waals surface area contributed by atoms with Crippen molar-refractivity contribution < 1.29 is 0 Å². The Morgan fingerprint density at radius 2 is 1.32 bits per heavy atom. The number of hydrogen-bond donors (Lipinski definition) is 0. The van der Waals surface area contributed by atoms with Gasteiger partial charge in [-0.2, -0.15) is 0 Å². The Morgan fingerprint density at radius 3 is 2.18 bits per heavy atom. The van der Waals surface area contributed by atoms with Gasteiger partial charge in [-0.3, -0.25) is 0 Å². The maximum absolute atomic E-state index is 2.29. The fourth-order valence-corrected chi connectivity index (χ4v) is 3.29. The Labute approximate surface area is 131 Å². The summed E-state index contributed by atoms with van der Waals surface area (Å²) in [5.74, 6) is 0. The van der Waals surface area contributed by atoms with Crippen molar-refractivity contribution in [2.45, 2.75) is 6.42 Å². The zero-order chi connectivity index (χ0) is 14.9. The molecule has 4 rings (SSSR count). The average Bonchev–Trinajstić information content (AvgIpc) is 2.58. The summed E-state index contributed by atoms with van der Waals surface area (Å²) >= 11 is 0. The molecule has 0 heterocycles. The van der Waals surface area contributed by atoms with E-state index in [2.05, 4.69) is 86.7 Å². The molecule has 0 aliphatic carbocycles. The maximum atomic E-state index is 2.29. The molecule has 0 unspecified atom stereocenters. The lowest BCUT2D eigenvalue weighted by Gasteiger charge is -2.12. The molecule has 0 saturated heterocycles. The monoisotopic (exact) mass is 280 g/mol. The molecule has 0 atom stereocenters. The highest BCUT2D eigenvalue weighted by molar-refractivity contribution is 6.40. The minimum Gasteiger partial charge on any atom is -0.0778 e. The summed E-state index contributed by atoms with van der Waals surface area (Å²) in [7, 11) is 2.25. The topological polar surface area (TPSA) is 0 Å². The van der Waals surface area contributed by atoms with Crippen molar-refractivity contribution >= 4 is 34.9 Å². The highest BCUT2D eigenvalue weighted by atomic mass is 14.1. The van der Waals surface area contributed by atoms with Crippen LogP contribution in [0.2, 0.25) is 0 Å². The van der Waals surface area contributed by atoms with Crippen molar-refractivity contribution in [3.8, 4) is 0 Å². The van der Waals surface area contributed by atoms with Crippen LogP contribution in [0, 0.1) is 0 Å². The molecule has 0 aliphatic heterocycles. The summed E-state index contributed by atoms with van der Waals surface area (Å²) in [5.41, 5.74) is 4.17. The lowest BCUT2D eigenvalue weighted by molar-refractivity contribution is 1.21. The fourth-order valence-electron chi connectivity index (χ4n) is 3.29. The van der Waals surface area contributed by atoms with E-state index in [1.54, 1.807) is 0 Å². The van der Waals surface area contributed by atoms with E-state index in [0.717, 1.165) is 6.42 Å². The van der Waals surface area contributed by atoms with E-state index in [4.69, 9.17) is 0 Å². The predicted octanol–water partition coefficient (Wildman–Crippen LogP) is 3.84. The van der Waals surface area contributed by atoms with Crippen LogP contribution in [0.3, 0.4) is 0 Å². The molecule has 0 spiro atoms. The number of benzene rings is 4. The van der Waals surface area contributed by atoms with E-state index in [0.29, 0.717) is 0 Å². The van der Waals surface area contributed by atoms with Crippen molar-refractivity contribution in [3.05, 3.63) is 90.0 Å². The van der Waals surface area contributed by atoms with Gasteiger partial charge in [-0.1, -0.05) is 84.3 Å². The molecule has 0 radical (unpaired) electrons. The third kappa shape index (κ3) is 2.19. The highest BCUT2D eigenvalue weighted by Gasteiger charge is 2.06. The van der Waals surface area contributed by atoms with Gasteiger partial charge in [-0.05, 0) is 39.1 Å². The lowest BCUT2D eigenvalue weighted by atomic mass is 9.82. The lowest BCUT2D eigenvalue weighted by Crippen LogP contribution is -2.12. The van der Waals surface area contributed by atoms with Crippen LogP contribution in [0.25, 0.3) is 21.5 Å². The summed E-state index contributed by atoms with van der Waals surface area (Å²) in [5, 5.41) is 5.37. The minimum atomic E-state index is 0.995. The smallest absolute Gasteiger partial charge is 0.0778 e. The first-order chi connectivity index (χ1) is 10.8. The Kier molecular flexibility index (Phi) is 3.19. The van der Waals surface area contributed by atoms with Crippen LogP contribution < -0.4 is 5.46 Å². The SMILES string of the molecule is Bc1c(Cc2ccccc2)ccc2c1ccc1ccccc12. The standard InChI is InChI=1S/C21H17B/c22-21-17(14-15-6-2-1-3-7-15)11-12-19-18-9-5-4-8-16(18)10-13-20(19)21/h1-13H,14,22H2. The minimum absolute atomic E-state index is 0.995. The molecule has 0 bridgehead atoms. The first kappa shape index (κ1) is 13.2. The first-order valence-corrected chi connectivity index (χ1v) is 7.77. The molecule has 0 aliphatic rings. The van der Waals surface area contributed by atoms with Gasteiger partial charge in [0.25, 0.3) is 0 Å². The van der Waals surface area contributed by atoms with Gasteiger partial charge in [0.05, 0.1) is 0 Å². The first-order valence-electron chi connectivity index (χ1n) is 7.77. The number of rotatable bonds is 2. The van der Waals surface area contributed by atoms with Crippen LogP contribution in [-0.2, 0) is 6.42 Å². The second-order valence-electron chi connectivity index (χ2n) is 5.89. The van der Waals surface area contributed by atoms with Crippen molar-refractivity contribution in [3.63, 3.8) is 0 Å². The second-order valence-corrected chi connectivity index (χ2v) is 5.89. The number of hydrogen-bond acceptors (Lipinski definition) is 0. The van der Waals surface area contributed by atoms with E-state index in [1.165, 1.54) is 38.1 Å². The Hall–Kier alpha value is -2.54. The Balaban J connectivity index is 1.89. The Bertz CT molecular complexity index is 955. The number of fused-ring (bicyclic) bond motifs is 3. The van der Waals surface area contributed by atoms with Crippen LogP contribution in [0.15, 0.2) is 78.9 Å². The van der Waals surface area contributed by atoms with E-state index >= 15 is 0 Å². The molecule has 0 amide bonds. The molecule has 0 fully saturated rings. The maximum Gasteiger partial charge on any atom is 0.140 e. The largest absolute Gasteiger partial charge is 0.140 e. The third-order valence-corrected chi connectivity index (χ3v) is 4.54. The van der Waals surface area contributed by atoms with Crippen molar-refractivity contribution in [2.24, 2.45) is 0 Å². The van der Waals surface area contributed by atoms with Gasteiger partial charge < -0.3 is 0 Å². The zero-order valence-corrected chi connectivity index (χ0v) is 12.7. The van der Waals surface area contributed by atoms with Gasteiger partial charge in [0, 0.05) is 0 Å². The fraction of sp³-hybridized carbons (Fsp3) is 0.0476. The molecule has 1 heteroatoms. The average molecular weight is 280 g/mol. The molecular formula is C21H17B. The van der Waals surface area contributed by atoms with Gasteiger partial charge in [0.1, 0.15) is 7.85 Å². The summed E-state index contributed by atoms with van der Waals surface area (Å²) in [4.78, 5) is 0. The van der Waals surface area contributed by atoms with Crippen LogP contribution in [0.5, 0.6) is 0 Å². The van der Waals surface area contributed by atoms with Gasteiger partial charge >= 0.3 is 0 Å². The van der Waals surface area contributed by atoms with Crippen LogP contribution >= 0.6 is 0 Å². The molecular weight excluding hydrogens is 263 g/mol. The molecule has 0 N–H and O–H groups in total. The van der Waals surface area contributed by atoms with Crippen LogP contribution in [-0.4, -0.2) is 7.85 Å². The van der Waals surface area contributed by atoms with E-state index < -0.39 is 0 Å². The van der Waals surface area contributed by atoms with Crippen molar-refractivity contribution in [2.75, 3.05) is 0 Å². The third-order valence-electron chi connectivity index (χ3n) is 4.54. The van der Waals surface area contributed by atoms with Crippen molar-refractivity contribution in [1.82, 2.24) is 0 Å². The Morgan fingerprint density at radius 1 is 0.591 bits per heavy atom. The van der Waals surface area contributed by atoms with E-state index in [-0.39, 0.29) is 0 Å². The van der Waals surface area contributed by atoms with Gasteiger partial charge in [0.15, 0.2) is 0 Å². The quantitative estimate of drug-likeness (QED) is 0.386. The summed E-state index contributed by atoms with van der Waals surface area (Å²) in [6, 6.07) is 28.4. The summed E-state index contributed by atoms with van der Waals surface area (Å²) < 4.78 is 0. The van der Waals surface area contributed by atoms with Crippen LogP contribution in [0.4, 0.5) is 0 Å². The van der Waals surface area contributed by atoms with E-state index in [9.17, 15) is 0 Å². The van der Waals surface area contributed by atoms with Gasteiger partial charge in [-0.25, -0.2) is 0 Å². The molecule has 22 heavy (non-hydrogen) atoms. The normalized spacial score (nSPS) is 11.1. The molecule has 0 nitrogen and oxygen atoms in total. The summed E-state index contributed by atoms with van der Waals surface area (Å²) in [6.45, 7) is 0. The molecule has 4 aromatic carbocycles. The summed E-state index contributed by atoms with van der Waals surface area (Å²) in [6.07, 6.45) is 0.995. The molecule has 0 saturated carbocycles. The van der Waals surface area contributed by atoms with Gasteiger partial charge in [0.2, 0.25) is 0 Å². The molecule has 4 aromatic rings. The van der Waals surface area contributed by atoms with Gasteiger partial charge in [-0.15, -0.1) is 0 Å². The highest BCUT2D eigenvalue weighted by Crippen LogP contribution is 2.25. The van der Waals surface area contributed by atoms with Crippen LogP contribution in [0.1, 0.15) is 11.1 Å². The zero-order valence-electron chi connectivity index (χ0n) is 12.7. The van der Waals surface area contributed by atoms with Crippen molar-refractivity contribution in [1.29, 1.82) is 0 Å².